The highest BCUT2D eigenvalue weighted by Crippen LogP contribution is 2.27. The van der Waals surface area contributed by atoms with Crippen molar-refractivity contribution in [1.82, 2.24) is 0 Å². The smallest absolute Gasteiger partial charge is 0.319 e. The maximum Gasteiger partial charge on any atom is 0.319 e. The number of para-hydroxylation sites is 2. The Morgan fingerprint density at radius 2 is 2.13 bits per heavy atom. The average molecular weight is 208 g/mol. The molecule has 0 radical (unpaired) electrons. The van der Waals surface area contributed by atoms with Gasteiger partial charge in [-0.25, -0.2) is 4.79 Å². The third kappa shape index (κ3) is 2.62. The van der Waals surface area contributed by atoms with Crippen LogP contribution in [0.5, 0.6) is 5.75 Å². The molecular weight excluding hydrogens is 192 g/mol. The lowest BCUT2D eigenvalue weighted by Gasteiger charge is -2.21. The molecule has 0 aromatic heterocycles. The Morgan fingerprint density at radius 3 is 2.67 bits per heavy atom. The molecule has 0 saturated carbocycles. The van der Waals surface area contributed by atoms with E-state index in [9.17, 15) is 4.79 Å². The summed E-state index contributed by atoms with van der Waals surface area (Å²) >= 11 is 0. The Balaban J connectivity index is 3.04. The van der Waals surface area contributed by atoms with Gasteiger partial charge >= 0.3 is 6.03 Å². The first-order valence-corrected chi connectivity index (χ1v) is 4.90. The van der Waals surface area contributed by atoms with E-state index in [1.54, 1.807) is 13.2 Å². The minimum absolute atomic E-state index is 0.457. The van der Waals surface area contributed by atoms with E-state index in [0.29, 0.717) is 18.0 Å². The van der Waals surface area contributed by atoms with E-state index < -0.39 is 6.03 Å². The van der Waals surface area contributed by atoms with Crippen molar-refractivity contribution in [1.29, 1.82) is 0 Å². The number of carbonyl (C=O) groups is 1. The summed E-state index contributed by atoms with van der Waals surface area (Å²) in [6.07, 6.45) is 0.848. The molecule has 4 heteroatoms. The Kier molecular flexibility index (Phi) is 3.97. The van der Waals surface area contributed by atoms with Gasteiger partial charge in [0.15, 0.2) is 0 Å². The summed E-state index contributed by atoms with van der Waals surface area (Å²) in [5.74, 6) is 0.657. The molecule has 0 aliphatic rings. The van der Waals surface area contributed by atoms with Crippen LogP contribution in [0.4, 0.5) is 10.5 Å². The molecule has 0 spiro atoms. The normalized spacial score (nSPS) is 9.73. The number of urea groups is 1. The molecule has 0 saturated heterocycles. The number of hydrogen-bond donors (Lipinski definition) is 1. The fraction of sp³-hybridized carbons (Fsp3) is 0.364. The Morgan fingerprint density at radius 1 is 1.47 bits per heavy atom. The molecule has 82 valence electrons. The van der Waals surface area contributed by atoms with Crippen molar-refractivity contribution >= 4 is 11.7 Å². The number of nitrogens with zero attached hydrogens (tertiary/aromatic N) is 1. The molecule has 2 amide bonds. The number of amides is 2. The molecule has 2 N–H and O–H groups in total. The number of ether oxygens (including phenoxy) is 1. The van der Waals surface area contributed by atoms with E-state index in [4.69, 9.17) is 10.5 Å². The lowest BCUT2D eigenvalue weighted by atomic mass is 10.2. The Labute approximate surface area is 89.6 Å². The van der Waals surface area contributed by atoms with E-state index in [0.717, 1.165) is 6.42 Å². The van der Waals surface area contributed by atoms with Crippen LogP contribution in [-0.4, -0.2) is 19.7 Å². The number of rotatable bonds is 4. The van der Waals surface area contributed by atoms with E-state index in [1.165, 1.54) is 4.90 Å². The van der Waals surface area contributed by atoms with Crippen LogP contribution in [0, 0.1) is 0 Å². The second-order valence-corrected chi connectivity index (χ2v) is 3.16. The van der Waals surface area contributed by atoms with Crippen molar-refractivity contribution in [3.8, 4) is 5.75 Å². The van der Waals surface area contributed by atoms with Gasteiger partial charge in [0.1, 0.15) is 5.75 Å². The predicted octanol–water partition coefficient (Wildman–Crippen LogP) is 1.99. The van der Waals surface area contributed by atoms with Gasteiger partial charge in [-0.15, -0.1) is 0 Å². The molecule has 0 unspecified atom stereocenters. The molecule has 0 bridgehead atoms. The molecule has 1 rings (SSSR count). The van der Waals surface area contributed by atoms with Crippen LogP contribution in [0.15, 0.2) is 24.3 Å². The largest absolute Gasteiger partial charge is 0.495 e. The highest BCUT2D eigenvalue weighted by Gasteiger charge is 2.14. The standard InChI is InChI=1S/C11H16N2O2/c1-3-8-13(11(12)14)9-6-4-5-7-10(9)15-2/h4-7H,3,8H2,1-2H3,(H2,12,14). The maximum atomic E-state index is 11.3. The first-order chi connectivity index (χ1) is 7.20. The molecule has 4 nitrogen and oxygen atoms in total. The topological polar surface area (TPSA) is 55.6 Å². The summed E-state index contributed by atoms with van der Waals surface area (Å²) in [4.78, 5) is 12.8. The third-order valence-electron chi connectivity index (χ3n) is 2.09. The molecule has 15 heavy (non-hydrogen) atoms. The van der Waals surface area contributed by atoms with Crippen molar-refractivity contribution in [2.45, 2.75) is 13.3 Å². The van der Waals surface area contributed by atoms with Crippen LogP contribution < -0.4 is 15.4 Å². The molecule has 1 aromatic carbocycles. The zero-order valence-corrected chi connectivity index (χ0v) is 9.06. The van der Waals surface area contributed by atoms with Crippen LogP contribution in [0.25, 0.3) is 0 Å². The van der Waals surface area contributed by atoms with Gasteiger partial charge in [0.25, 0.3) is 0 Å². The lowest BCUT2D eigenvalue weighted by molar-refractivity contribution is 0.253. The van der Waals surface area contributed by atoms with Gasteiger partial charge in [-0.05, 0) is 18.6 Å². The first-order valence-electron chi connectivity index (χ1n) is 4.90. The van der Waals surface area contributed by atoms with Crippen molar-refractivity contribution in [2.75, 3.05) is 18.6 Å². The fourth-order valence-corrected chi connectivity index (χ4v) is 1.43. The summed E-state index contributed by atoms with van der Waals surface area (Å²) in [5, 5.41) is 0. The second-order valence-electron chi connectivity index (χ2n) is 3.16. The SMILES string of the molecule is CCCN(C(N)=O)c1ccccc1OC. The molecule has 0 aliphatic heterocycles. The van der Waals surface area contributed by atoms with Crippen LogP contribution in [0.1, 0.15) is 13.3 Å². The van der Waals surface area contributed by atoms with Crippen molar-refractivity contribution in [3.63, 3.8) is 0 Å². The van der Waals surface area contributed by atoms with Crippen LogP contribution in [-0.2, 0) is 0 Å². The van der Waals surface area contributed by atoms with Crippen LogP contribution >= 0.6 is 0 Å². The van der Waals surface area contributed by atoms with E-state index in [2.05, 4.69) is 0 Å². The zero-order valence-electron chi connectivity index (χ0n) is 9.06. The maximum absolute atomic E-state index is 11.3. The van der Waals surface area contributed by atoms with Gasteiger partial charge in [0, 0.05) is 6.54 Å². The fourth-order valence-electron chi connectivity index (χ4n) is 1.43. The average Bonchev–Trinajstić information content (AvgIpc) is 2.25. The zero-order chi connectivity index (χ0) is 11.3. The highest BCUT2D eigenvalue weighted by molar-refractivity contribution is 5.92. The van der Waals surface area contributed by atoms with Crippen molar-refractivity contribution in [2.24, 2.45) is 5.73 Å². The molecule has 1 aromatic rings. The molecule has 0 atom stereocenters. The minimum Gasteiger partial charge on any atom is -0.495 e. The second kappa shape index (κ2) is 5.24. The van der Waals surface area contributed by atoms with Crippen LogP contribution in [0.3, 0.4) is 0 Å². The van der Waals surface area contributed by atoms with Gasteiger partial charge in [-0.2, -0.15) is 0 Å². The molecule has 0 fully saturated rings. The van der Waals surface area contributed by atoms with Gasteiger partial charge in [-0.3, -0.25) is 4.90 Å². The van der Waals surface area contributed by atoms with E-state index in [1.807, 2.05) is 25.1 Å². The Hall–Kier alpha value is -1.71. The Bertz CT molecular complexity index is 339. The van der Waals surface area contributed by atoms with Gasteiger partial charge in [-0.1, -0.05) is 19.1 Å². The highest BCUT2D eigenvalue weighted by atomic mass is 16.5. The number of anilines is 1. The quantitative estimate of drug-likeness (QED) is 0.822. The van der Waals surface area contributed by atoms with Gasteiger partial charge in [0.05, 0.1) is 12.8 Å². The monoisotopic (exact) mass is 208 g/mol. The minimum atomic E-state index is -0.457. The van der Waals surface area contributed by atoms with Gasteiger partial charge in [0.2, 0.25) is 0 Å². The predicted molar refractivity (Wildman–Crippen MR) is 60.2 cm³/mol. The third-order valence-corrected chi connectivity index (χ3v) is 2.09. The number of methoxy groups -OCH3 is 1. The van der Waals surface area contributed by atoms with E-state index in [-0.39, 0.29) is 0 Å². The van der Waals surface area contributed by atoms with E-state index >= 15 is 0 Å². The first kappa shape index (κ1) is 11.4. The molecule has 0 heterocycles. The molecule has 0 aliphatic carbocycles. The number of benzene rings is 1. The summed E-state index contributed by atoms with van der Waals surface area (Å²) in [6, 6.07) is 6.87. The molecular formula is C11H16N2O2. The van der Waals surface area contributed by atoms with Crippen LogP contribution in [0.2, 0.25) is 0 Å². The lowest BCUT2D eigenvalue weighted by Crippen LogP contribution is -2.36. The number of hydrogen-bond acceptors (Lipinski definition) is 2. The number of primary amides is 1. The summed E-state index contributed by atoms with van der Waals surface area (Å²) in [7, 11) is 1.57. The summed E-state index contributed by atoms with van der Waals surface area (Å²) < 4.78 is 5.17. The summed E-state index contributed by atoms with van der Waals surface area (Å²) in [6.45, 7) is 2.58. The number of nitrogens with two attached hydrogens (primary N) is 1. The number of carbonyl (C=O) groups excluding carboxylic acids is 1. The van der Waals surface area contributed by atoms with Crippen molar-refractivity contribution < 1.29 is 9.53 Å². The van der Waals surface area contributed by atoms with Gasteiger partial charge < -0.3 is 10.5 Å². The summed E-state index contributed by atoms with van der Waals surface area (Å²) in [5.41, 5.74) is 6.03. The van der Waals surface area contributed by atoms with Crippen molar-refractivity contribution in [3.05, 3.63) is 24.3 Å².